The molecule has 1 N–H and O–H groups in total. The van der Waals surface area contributed by atoms with Crippen molar-refractivity contribution in [2.45, 2.75) is 13.3 Å². The molecule has 0 bridgehead atoms. The van der Waals surface area contributed by atoms with Gasteiger partial charge < -0.3 is 5.32 Å². The molecule has 0 aliphatic rings. The van der Waals surface area contributed by atoms with Crippen molar-refractivity contribution in [3.8, 4) is 0 Å². The Hall–Kier alpha value is -2.76. The molecule has 2 aromatic rings. The van der Waals surface area contributed by atoms with Crippen molar-refractivity contribution < 1.29 is 14.1 Å². The Morgan fingerprint density at radius 2 is 1.90 bits per heavy atom. The van der Waals surface area contributed by atoms with E-state index in [1.807, 2.05) is 19.1 Å². The Morgan fingerprint density at radius 1 is 1.24 bits per heavy atom. The highest BCUT2D eigenvalue weighted by Gasteiger charge is 2.16. The maximum Gasteiger partial charge on any atom is 0.272 e. The lowest BCUT2D eigenvalue weighted by Crippen LogP contribution is -2.13. The molecule has 0 spiro atoms. The van der Waals surface area contributed by atoms with Crippen molar-refractivity contribution in [3.05, 3.63) is 69.5 Å². The van der Waals surface area contributed by atoms with Crippen LogP contribution in [0.3, 0.4) is 0 Å². The first-order chi connectivity index (χ1) is 10.0. The fourth-order valence-corrected chi connectivity index (χ4v) is 1.82. The van der Waals surface area contributed by atoms with E-state index in [4.69, 9.17) is 0 Å². The third-order valence-electron chi connectivity index (χ3n) is 3.03. The number of carbonyl (C=O) groups excluding carboxylic acids is 1. The fraction of sp³-hybridized carbons (Fsp3) is 0.133. The largest absolute Gasteiger partial charge is 0.322 e. The smallest absolute Gasteiger partial charge is 0.272 e. The Bertz CT molecular complexity index is 684. The quantitative estimate of drug-likeness (QED) is 0.690. The molecule has 0 aliphatic carbocycles. The number of hydrogen-bond acceptors (Lipinski definition) is 3. The summed E-state index contributed by atoms with van der Waals surface area (Å²) in [5, 5.41) is 13.1. The molecule has 21 heavy (non-hydrogen) atoms. The predicted molar refractivity (Wildman–Crippen MR) is 76.8 cm³/mol. The van der Waals surface area contributed by atoms with E-state index in [1.165, 1.54) is 0 Å². The van der Waals surface area contributed by atoms with E-state index in [2.05, 4.69) is 5.32 Å². The van der Waals surface area contributed by atoms with E-state index < -0.39 is 22.3 Å². The molecule has 0 aromatic heterocycles. The Balaban J connectivity index is 2.17. The van der Waals surface area contributed by atoms with E-state index in [0.717, 1.165) is 30.2 Å². The number of hydrogen-bond donors (Lipinski definition) is 1. The summed E-state index contributed by atoms with van der Waals surface area (Å²) in [5.41, 5.74) is 1.03. The minimum absolute atomic E-state index is 0.236. The summed E-state index contributed by atoms with van der Waals surface area (Å²) >= 11 is 0. The van der Waals surface area contributed by atoms with E-state index in [9.17, 15) is 19.3 Å². The van der Waals surface area contributed by atoms with Gasteiger partial charge >= 0.3 is 0 Å². The van der Waals surface area contributed by atoms with Gasteiger partial charge in [-0.2, -0.15) is 0 Å². The number of halogens is 1. The van der Waals surface area contributed by atoms with E-state index in [0.29, 0.717) is 5.69 Å². The Kier molecular flexibility index (Phi) is 4.27. The normalized spacial score (nSPS) is 10.2. The number of anilines is 1. The summed E-state index contributed by atoms with van der Waals surface area (Å²) < 4.78 is 13.7. The minimum atomic E-state index is -0.924. The van der Waals surface area contributed by atoms with E-state index in [1.54, 1.807) is 12.1 Å². The lowest BCUT2D eigenvalue weighted by molar-refractivity contribution is -0.385. The van der Waals surface area contributed by atoms with Gasteiger partial charge in [0.25, 0.3) is 11.6 Å². The van der Waals surface area contributed by atoms with Crippen molar-refractivity contribution in [1.82, 2.24) is 0 Å². The lowest BCUT2D eigenvalue weighted by Gasteiger charge is -2.07. The standard InChI is InChI=1S/C15H13FN2O3/c1-2-10-3-5-11(6-4-10)17-15(19)13-8-7-12(18(20)21)9-14(13)16/h3-9H,2H2,1H3,(H,17,19). The van der Waals surface area contributed by atoms with Gasteiger partial charge in [0, 0.05) is 11.8 Å². The van der Waals surface area contributed by atoms with E-state index >= 15 is 0 Å². The van der Waals surface area contributed by atoms with Crippen LogP contribution in [0.25, 0.3) is 0 Å². The number of rotatable bonds is 4. The SMILES string of the molecule is CCc1ccc(NC(=O)c2ccc([N+](=O)[O-])cc2F)cc1. The summed E-state index contributed by atoms with van der Waals surface area (Å²) in [6, 6.07) is 10.1. The molecular formula is C15H13FN2O3. The van der Waals surface area contributed by atoms with Crippen molar-refractivity contribution in [3.63, 3.8) is 0 Å². The number of nitro groups is 1. The Labute approximate surface area is 120 Å². The van der Waals surface area contributed by atoms with Crippen LogP contribution in [0.15, 0.2) is 42.5 Å². The molecule has 0 heterocycles. The summed E-state index contributed by atoms with van der Waals surface area (Å²) in [5.74, 6) is -1.57. The number of benzene rings is 2. The summed E-state index contributed by atoms with van der Waals surface area (Å²) in [7, 11) is 0. The molecule has 0 atom stereocenters. The van der Waals surface area contributed by atoms with Crippen molar-refractivity contribution in [1.29, 1.82) is 0 Å². The average molecular weight is 288 g/mol. The number of carbonyl (C=O) groups is 1. The van der Waals surface area contributed by atoms with Crippen molar-refractivity contribution in [2.75, 3.05) is 5.32 Å². The second-order valence-electron chi connectivity index (χ2n) is 4.43. The second-order valence-corrected chi connectivity index (χ2v) is 4.43. The summed E-state index contributed by atoms with van der Waals surface area (Å²) in [6.07, 6.45) is 0.880. The second kappa shape index (κ2) is 6.13. The van der Waals surface area contributed by atoms with Gasteiger partial charge in [-0.3, -0.25) is 14.9 Å². The zero-order valence-electron chi connectivity index (χ0n) is 11.3. The number of nitrogens with one attached hydrogen (secondary N) is 1. The molecule has 6 heteroatoms. The van der Waals surface area contributed by atoms with Crippen LogP contribution in [0.1, 0.15) is 22.8 Å². The summed E-state index contributed by atoms with van der Waals surface area (Å²) in [6.45, 7) is 2.01. The van der Waals surface area contributed by atoms with Gasteiger partial charge in [-0.25, -0.2) is 4.39 Å². The monoisotopic (exact) mass is 288 g/mol. The van der Waals surface area contributed by atoms with Crippen LogP contribution in [0.2, 0.25) is 0 Å². The van der Waals surface area contributed by atoms with E-state index in [-0.39, 0.29) is 5.56 Å². The molecular weight excluding hydrogens is 275 g/mol. The molecule has 0 saturated carbocycles. The highest BCUT2D eigenvalue weighted by Crippen LogP contribution is 2.18. The highest BCUT2D eigenvalue weighted by molar-refractivity contribution is 6.04. The number of nitrogens with zero attached hydrogens (tertiary/aromatic N) is 1. The maximum atomic E-state index is 13.7. The minimum Gasteiger partial charge on any atom is -0.322 e. The van der Waals surface area contributed by atoms with Crippen LogP contribution in [-0.4, -0.2) is 10.8 Å². The van der Waals surface area contributed by atoms with Crippen molar-refractivity contribution >= 4 is 17.3 Å². The third-order valence-corrected chi connectivity index (χ3v) is 3.03. The molecule has 1 amide bonds. The number of non-ortho nitro benzene ring substituents is 1. The Morgan fingerprint density at radius 3 is 2.43 bits per heavy atom. The first kappa shape index (κ1) is 14.6. The molecule has 5 nitrogen and oxygen atoms in total. The zero-order chi connectivity index (χ0) is 15.4. The molecule has 0 saturated heterocycles. The maximum absolute atomic E-state index is 13.7. The van der Waals surface area contributed by atoms with Crippen LogP contribution in [0, 0.1) is 15.9 Å². The molecule has 0 radical (unpaired) electrons. The zero-order valence-corrected chi connectivity index (χ0v) is 11.3. The van der Waals surface area contributed by atoms with Crippen LogP contribution < -0.4 is 5.32 Å². The van der Waals surface area contributed by atoms with Crippen molar-refractivity contribution in [2.24, 2.45) is 0 Å². The van der Waals surface area contributed by atoms with Crippen LogP contribution in [-0.2, 0) is 6.42 Å². The van der Waals surface area contributed by atoms with Gasteiger partial charge in [0.2, 0.25) is 0 Å². The first-order valence-corrected chi connectivity index (χ1v) is 6.35. The highest BCUT2D eigenvalue weighted by atomic mass is 19.1. The van der Waals surface area contributed by atoms with Crippen LogP contribution in [0.5, 0.6) is 0 Å². The fourth-order valence-electron chi connectivity index (χ4n) is 1.82. The molecule has 0 aliphatic heterocycles. The van der Waals surface area contributed by atoms with Gasteiger partial charge in [0.05, 0.1) is 16.6 Å². The molecule has 2 rings (SSSR count). The average Bonchev–Trinajstić information content (AvgIpc) is 2.47. The third kappa shape index (κ3) is 3.42. The summed E-state index contributed by atoms with van der Waals surface area (Å²) in [4.78, 5) is 21.8. The van der Waals surface area contributed by atoms with Gasteiger partial charge in [0.15, 0.2) is 0 Å². The van der Waals surface area contributed by atoms with Crippen LogP contribution in [0.4, 0.5) is 15.8 Å². The number of amides is 1. The number of nitro benzene ring substituents is 1. The van der Waals surface area contributed by atoms with Gasteiger partial charge in [-0.05, 0) is 30.2 Å². The van der Waals surface area contributed by atoms with Crippen LogP contribution >= 0.6 is 0 Å². The molecule has 2 aromatic carbocycles. The molecule has 0 unspecified atom stereocenters. The van der Waals surface area contributed by atoms with Gasteiger partial charge in [-0.15, -0.1) is 0 Å². The topological polar surface area (TPSA) is 72.2 Å². The molecule has 0 fully saturated rings. The first-order valence-electron chi connectivity index (χ1n) is 6.35. The predicted octanol–water partition coefficient (Wildman–Crippen LogP) is 3.55. The molecule has 108 valence electrons. The van der Waals surface area contributed by atoms with Gasteiger partial charge in [0.1, 0.15) is 5.82 Å². The van der Waals surface area contributed by atoms with Gasteiger partial charge in [-0.1, -0.05) is 19.1 Å². The lowest BCUT2D eigenvalue weighted by atomic mass is 10.1. The number of aryl methyl sites for hydroxylation is 1.